The molecule has 9 nitrogen and oxygen atoms in total. The van der Waals surface area contributed by atoms with Crippen LogP contribution >= 0.6 is 0 Å². The Labute approximate surface area is 211 Å². The lowest BCUT2D eigenvalue weighted by Gasteiger charge is -2.36. The fraction of sp³-hybridized carbons (Fsp3) is 0.346. The lowest BCUT2D eigenvalue weighted by molar-refractivity contribution is 0.0981. The van der Waals surface area contributed by atoms with E-state index in [1.165, 1.54) is 18.2 Å². The second kappa shape index (κ2) is 9.77. The number of rotatable bonds is 7. The van der Waals surface area contributed by atoms with Gasteiger partial charge in [0.25, 0.3) is 15.9 Å². The van der Waals surface area contributed by atoms with Crippen molar-refractivity contribution < 1.29 is 17.9 Å². The molecule has 0 bridgehead atoms. The van der Waals surface area contributed by atoms with Gasteiger partial charge in [0.15, 0.2) is 5.03 Å². The zero-order valence-electron chi connectivity index (χ0n) is 20.9. The standard InChI is InChI=1S/C26H31N5O4S/c1-5-35-21-10-7-6-9-19(21)18-15-20(24(28-16-18)31-14-13-17(2)26(31,3)4)25(32)30-36(33,34)23-12-8-11-22(27)29-23/h6-12,15-17H,5,13-14H2,1-4H3,(H2,27,29)(H,30,32). The smallest absolute Gasteiger partial charge is 0.281 e. The predicted molar refractivity (Wildman–Crippen MR) is 139 cm³/mol. The molecular weight excluding hydrogens is 478 g/mol. The predicted octanol–water partition coefficient (Wildman–Crippen LogP) is 3.87. The van der Waals surface area contributed by atoms with E-state index in [1.807, 2.05) is 31.2 Å². The molecule has 1 saturated heterocycles. The minimum absolute atomic E-state index is 0.0370. The number of nitrogens with zero attached hydrogens (tertiary/aromatic N) is 3. The fourth-order valence-corrected chi connectivity index (χ4v) is 5.33. The van der Waals surface area contributed by atoms with E-state index in [2.05, 4.69) is 40.4 Å². The first-order chi connectivity index (χ1) is 17.0. The van der Waals surface area contributed by atoms with Gasteiger partial charge in [-0.15, -0.1) is 0 Å². The molecule has 3 aromatic rings. The van der Waals surface area contributed by atoms with Gasteiger partial charge in [0.2, 0.25) is 0 Å². The van der Waals surface area contributed by atoms with E-state index in [-0.39, 0.29) is 21.9 Å². The summed E-state index contributed by atoms with van der Waals surface area (Å²) in [4.78, 5) is 24.1. The number of anilines is 2. The maximum absolute atomic E-state index is 13.5. The van der Waals surface area contributed by atoms with Crippen molar-refractivity contribution in [2.24, 2.45) is 5.92 Å². The van der Waals surface area contributed by atoms with Crippen LogP contribution in [0.3, 0.4) is 0 Å². The Bertz CT molecular complexity index is 1390. The molecule has 1 atom stereocenters. The SMILES string of the molecule is CCOc1ccccc1-c1cnc(N2CCC(C)C2(C)C)c(C(=O)NS(=O)(=O)c2cccc(N)n2)c1. The summed E-state index contributed by atoms with van der Waals surface area (Å²) < 4.78 is 33.9. The van der Waals surface area contributed by atoms with Crippen LogP contribution in [0.25, 0.3) is 11.1 Å². The zero-order chi connectivity index (χ0) is 26.1. The third-order valence-electron chi connectivity index (χ3n) is 6.80. The number of nitrogens with one attached hydrogen (secondary N) is 1. The number of benzene rings is 1. The maximum Gasteiger partial charge on any atom is 0.281 e. The molecular formula is C26H31N5O4S. The van der Waals surface area contributed by atoms with E-state index in [0.717, 1.165) is 12.0 Å². The fourth-order valence-electron chi connectivity index (χ4n) is 4.39. The van der Waals surface area contributed by atoms with Crippen LogP contribution in [-0.4, -0.2) is 43.0 Å². The number of nitrogen functional groups attached to an aromatic ring is 1. The molecule has 190 valence electrons. The molecule has 1 unspecified atom stereocenters. The van der Waals surface area contributed by atoms with E-state index < -0.39 is 15.9 Å². The Hall–Kier alpha value is -3.66. The molecule has 2 aromatic heterocycles. The van der Waals surface area contributed by atoms with Crippen molar-refractivity contribution in [1.82, 2.24) is 14.7 Å². The van der Waals surface area contributed by atoms with E-state index >= 15 is 0 Å². The van der Waals surface area contributed by atoms with Crippen LogP contribution in [0.1, 0.15) is 44.5 Å². The average Bonchev–Trinajstić information content (AvgIpc) is 3.11. The minimum Gasteiger partial charge on any atom is -0.493 e. The van der Waals surface area contributed by atoms with Crippen LogP contribution in [0.2, 0.25) is 0 Å². The van der Waals surface area contributed by atoms with Gasteiger partial charge in [-0.1, -0.05) is 31.2 Å². The first-order valence-corrected chi connectivity index (χ1v) is 13.3. The highest BCUT2D eigenvalue weighted by atomic mass is 32.2. The summed E-state index contributed by atoms with van der Waals surface area (Å²) >= 11 is 0. The van der Waals surface area contributed by atoms with Crippen molar-refractivity contribution in [2.75, 3.05) is 23.8 Å². The van der Waals surface area contributed by atoms with Crippen LogP contribution in [0.4, 0.5) is 11.6 Å². The highest BCUT2D eigenvalue weighted by molar-refractivity contribution is 7.90. The van der Waals surface area contributed by atoms with Gasteiger partial charge in [-0.05, 0) is 57.4 Å². The van der Waals surface area contributed by atoms with E-state index in [1.54, 1.807) is 12.3 Å². The summed E-state index contributed by atoms with van der Waals surface area (Å²) in [6.07, 6.45) is 2.62. The number of hydrogen-bond donors (Lipinski definition) is 2. The zero-order valence-corrected chi connectivity index (χ0v) is 21.7. The minimum atomic E-state index is -4.27. The number of hydrogen-bond acceptors (Lipinski definition) is 8. The van der Waals surface area contributed by atoms with Crippen molar-refractivity contribution in [3.63, 3.8) is 0 Å². The highest BCUT2D eigenvalue weighted by Gasteiger charge is 2.41. The van der Waals surface area contributed by atoms with Gasteiger partial charge in [-0.25, -0.2) is 14.7 Å². The third-order valence-corrected chi connectivity index (χ3v) is 8.03. The second-order valence-corrected chi connectivity index (χ2v) is 11.0. The van der Waals surface area contributed by atoms with Crippen molar-refractivity contribution in [1.29, 1.82) is 0 Å². The van der Waals surface area contributed by atoms with E-state index in [0.29, 0.717) is 36.2 Å². The second-order valence-electron chi connectivity index (χ2n) is 9.35. The number of carbonyl (C=O) groups is 1. The molecule has 1 aromatic carbocycles. The van der Waals surface area contributed by atoms with Gasteiger partial charge in [0.05, 0.1) is 12.2 Å². The number of pyridine rings is 2. The van der Waals surface area contributed by atoms with Gasteiger partial charge in [0, 0.05) is 29.4 Å². The number of para-hydroxylation sites is 1. The quantitative estimate of drug-likeness (QED) is 0.491. The third kappa shape index (κ3) is 4.86. The number of amides is 1. The molecule has 3 N–H and O–H groups in total. The van der Waals surface area contributed by atoms with Crippen LogP contribution in [0, 0.1) is 5.92 Å². The van der Waals surface area contributed by atoms with Crippen LogP contribution in [0.5, 0.6) is 5.75 Å². The van der Waals surface area contributed by atoms with Crippen LogP contribution < -0.4 is 20.1 Å². The first kappa shape index (κ1) is 25.4. The summed E-state index contributed by atoms with van der Waals surface area (Å²) in [6.45, 7) is 9.41. The Kier molecular flexibility index (Phi) is 6.90. The molecule has 1 aliphatic rings. The summed E-state index contributed by atoms with van der Waals surface area (Å²) in [7, 11) is -4.27. The van der Waals surface area contributed by atoms with Crippen LogP contribution in [-0.2, 0) is 10.0 Å². The van der Waals surface area contributed by atoms with Crippen molar-refractivity contribution in [2.45, 2.75) is 44.7 Å². The molecule has 36 heavy (non-hydrogen) atoms. The Morgan fingerprint density at radius 2 is 1.97 bits per heavy atom. The molecule has 0 saturated carbocycles. The van der Waals surface area contributed by atoms with Gasteiger partial charge in [-0.2, -0.15) is 8.42 Å². The Morgan fingerprint density at radius 3 is 2.64 bits per heavy atom. The van der Waals surface area contributed by atoms with Gasteiger partial charge >= 0.3 is 0 Å². The molecule has 3 heterocycles. The van der Waals surface area contributed by atoms with Crippen LogP contribution in [0.15, 0.2) is 59.8 Å². The summed E-state index contributed by atoms with van der Waals surface area (Å²) in [5.41, 5.74) is 6.91. The summed E-state index contributed by atoms with van der Waals surface area (Å²) in [5.74, 6) is 0.666. The molecule has 1 aliphatic heterocycles. The first-order valence-electron chi connectivity index (χ1n) is 11.8. The number of carbonyl (C=O) groups excluding carboxylic acids is 1. The lowest BCUT2D eigenvalue weighted by atomic mass is 9.90. The number of aromatic nitrogens is 2. The largest absolute Gasteiger partial charge is 0.493 e. The molecule has 0 aliphatic carbocycles. The molecule has 4 rings (SSSR count). The van der Waals surface area contributed by atoms with E-state index in [4.69, 9.17) is 10.5 Å². The molecule has 1 fully saturated rings. The number of sulfonamides is 1. The maximum atomic E-state index is 13.5. The molecule has 1 amide bonds. The topological polar surface area (TPSA) is 128 Å². The number of nitrogens with two attached hydrogens (primary N) is 1. The molecule has 10 heteroatoms. The lowest BCUT2D eigenvalue weighted by Crippen LogP contribution is -2.43. The Morgan fingerprint density at radius 1 is 1.22 bits per heavy atom. The molecule has 0 spiro atoms. The average molecular weight is 510 g/mol. The molecule has 0 radical (unpaired) electrons. The van der Waals surface area contributed by atoms with Gasteiger partial charge < -0.3 is 15.4 Å². The monoisotopic (exact) mass is 509 g/mol. The highest BCUT2D eigenvalue weighted by Crippen LogP contribution is 2.40. The summed E-state index contributed by atoms with van der Waals surface area (Å²) in [6, 6.07) is 13.3. The number of ether oxygens (including phenoxy) is 1. The normalized spacial score (nSPS) is 17.1. The Balaban J connectivity index is 1.81. The summed E-state index contributed by atoms with van der Waals surface area (Å²) in [5, 5.41) is -0.335. The van der Waals surface area contributed by atoms with Crippen molar-refractivity contribution >= 4 is 27.6 Å². The van der Waals surface area contributed by atoms with Crippen molar-refractivity contribution in [3.05, 3.63) is 60.3 Å². The van der Waals surface area contributed by atoms with Gasteiger partial charge in [-0.3, -0.25) is 4.79 Å². The van der Waals surface area contributed by atoms with Crippen molar-refractivity contribution in [3.8, 4) is 16.9 Å². The van der Waals surface area contributed by atoms with Gasteiger partial charge in [0.1, 0.15) is 17.4 Å². The van der Waals surface area contributed by atoms with E-state index in [9.17, 15) is 13.2 Å².